The lowest BCUT2D eigenvalue weighted by molar-refractivity contribution is 0.321. The lowest BCUT2D eigenvalue weighted by Crippen LogP contribution is -2.23. The largest absolute Gasteiger partial charge is 0.496 e. The van der Waals surface area contributed by atoms with Gasteiger partial charge in [0.2, 0.25) is 0 Å². The third kappa shape index (κ3) is 4.59. The summed E-state index contributed by atoms with van der Waals surface area (Å²) < 4.78 is 16.1. The van der Waals surface area contributed by atoms with Crippen LogP contribution in [-0.2, 0) is 12.8 Å². The van der Waals surface area contributed by atoms with Crippen LogP contribution in [0.4, 0.5) is 5.69 Å². The van der Waals surface area contributed by atoms with Crippen molar-refractivity contribution in [3.63, 3.8) is 0 Å². The lowest BCUT2D eigenvalue weighted by Gasteiger charge is -2.10. The Morgan fingerprint density at radius 1 is 1.00 bits per heavy atom. The second-order valence-corrected chi connectivity index (χ2v) is 6.13. The highest BCUT2D eigenvalue weighted by Gasteiger charge is 2.10. The number of hydrogen-bond donors (Lipinski definition) is 2. The molecule has 0 unspecified atom stereocenters. The van der Waals surface area contributed by atoms with Crippen LogP contribution >= 0.6 is 0 Å². The molecule has 2 aromatic rings. The number of guanidine groups is 1. The highest BCUT2D eigenvalue weighted by molar-refractivity contribution is 5.92. The Bertz CT molecular complexity index is 768. The summed E-state index contributed by atoms with van der Waals surface area (Å²) >= 11 is 0. The summed E-state index contributed by atoms with van der Waals surface area (Å²) in [5.74, 6) is 2.41. The monoisotopic (exact) mass is 355 g/mol. The summed E-state index contributed by atoms with van der Waals surface area (Å²) in [6, 6.07) is 11.8. The Balaban J connectivity index is 1.50. The van der Waals surface area contributed by atoms with Gasteiger partial charge in [-0.05, 0) is 42.5 Å². The van der Waals surface area contributed by atoms with Gasteiger partial charge in [-0.1, -0.05) is 6.07 Å². The van der Waals surface area contributed by atoms with Gasteiger partial charge >= 0.3 is 0 Å². The molecule has 0 fully saturated rings. The molecule has 3 N–H and O–H groups in total. The zero-order valence-corrected chi connectivity index (χ0v) is 15.2. The minimum absolute atomic E-state index is 0.384. The van der Waals surface area contributed by atoms with E-state index in [0.29, 0.717) is 36.4 Å². The standard InChI is InChI=1S/C20H25N3O3/c1-24-17-11-18(25-2)13-19(12-17)26-9-8-22-20(21)23-16-7-6-14-4-3-5-15(14)10-16/h6-7,10-13H,3-5,8-9H2,1-2H3,(H3,21,22,23). The quantitative estimate of drug-likeness (QED) is 0.453. The number of nitrogens with one attached hydrogen (secondary N) is 1. The van der Waals surface area contributed by atoms with Crippen molar-refractivity contribution in [2.24, 2.45) is 10.7 Å². The van der Waals surface area contributed by atoms with Gasteiger partial charge in [-0.3, -0.25) is 0 Å². The second kappa shape index (κ2) is 8.47. The topological polar surface area (TPSA) is 78.1 Å². The Morgan fingerprint density at radius 3 is 2.42 bits per heavy atom. The molecule has 26 heavy (non-hydrogen) atoms. The molecule has 0 saturated heterocycles. The van der Waals surface area contributed by atoms with E-state index in [2.05, 4.69) is 22.4 Å². The molecular formula is C20H25N3O3. The molecule has 3 rings (SSSR count). The smallest absolute Gasteiger partial charge is 0.193 e. The Labute approximate surface area is 154 Å². The highest BCUT2D eigenvalue weighted by atomic mass is 16.5. The summed E-state index contributed by atoms with van der Waals surface area (Å²) in [4.78, 5) is 4.31. The predicted octanol–water partition coefficient (Wildman–Crippen LogP) is 3.00. The van der Waals surface area contributed by atoms with Gasteiger partial charge in [-0.25, -0.2) is 4.99 Å². The minimum atomic E-state index is 0.384. The van der Waals surface area contributed by atoms with E-state index in [9.17, 15) is 0 Å². The number of aliphatic imine (C=N–C) groups is 1. The van der Waals surface area contributed by atoms with Crippen LogP contribution in [0.25, 0.3) is 0 Å². The molecule has 0 heterocycles. The molecule has 138 valence electrons. The fraction of sp³-hybridized carbons (Fsp3) is 0.350. The number of anilines is 1. The summed E-state index contributed by atoms with van der Waals surface area (Å²) in [5.41, 5.74) is 9.78. The van der Waals surface area contributed by atoms with Gasteiger partial charge in [0.1, 0.15) is 23.9 Å². The van der Waals surface area contributed by atoms with Crippen LogP contribution in [0.2, 0.25) is 0 Å². The van der Waals surface area contributed by atoms with E-state index in [4.69, 9.17) is 19.9 Å². The number of fused-ring (bicyclic) bond motifs is 1. The first-order valence-corrected chi connectivity index (χ1v) is 8.72. The highest BCUT2D eigenvalue weighted by Crippen LogP contribution is 2.27. The van der Waals surface area contributed by atoms with Crippen LogP contribution in [0.3, 0.4) is 0 Å². The van der Waals surface area contributed by atoms with Gasteiger partial charge in [0.15, 0.2) is 5.96 Å². The molecule has 6 heteroatoms. The van der Waals surface area contributed by atoms with Crippen LogP contribution < -0.4 is 25.3 Å². The van der Waals surface area contributed by atoms with Crippen molar-refractivity contribution in [3.8, 4) is 17.2 Å². The maximum atomic E-state index is 5.97. The lowest BCUT2D eigenvalue weighted by atomic mass is 10.1. The van der Waals surface area contributed by atoms with E-state index in [0.717, 1.165) is 12.1 Å². The van der Waals surface area contributed by atoms with Gasteiger partial charge in [-0.15, -0.1) is 0 Å². The molecule has 0 aliphatic heterocycles. The van der Waals surface area contributed by atoms with Crippen molar-refractivity contribution in [1.29, 1.82) is 0 Å². The average molecular weight is 355 g/mol. The van der Waals surface area contributed by atoms with Crippen LogP contribution in [0.1, 0.15) is 17.5 Å². The van der Waals surface area contributed by atoms with E-state index >= 15 is 0 Å². The van der Waals surface area contributed by atoms with Crippen LogP contribution in [0.15, 0.2) is 41.4 Å². The number of ether oxygens (including phenoxy) is 3. The number of benzene rings is 2. The maximum absolute atomic E-state index is 5.97. The Morgan fingerprint density at radius 2 is 1.69 bits per heavy atom. The van der Waals surface area contributed by atoms with E-state index in [1.165, 1.54) is 24.0 Å². The van der Waals surface area contributed by atoms with Crippen LogP contribution in [-0.4, -0.2) is 33.3 Å². The molecular weight excluding hydrogens is 330 g/mol. The van der Waals surface area contributed by atoms with E-state index in [-0.39, 0.29) is 0 Å². The second-order valence-electron chi connectivity index (χ2n) is 6.13. The van der Waals surface area contributed by atoms with E-state index in [1.807, 2.05) is 6.07 Å². The third-order valence-electron chi connectivity index (χ3n) is 4.34. The van der Waals surface area contributed by atoms with Crippen molar-refractivity contribution in [2.45, 2.75) is 19.3 Å². The molecule has 1 aliphatic carbocycles. The average Bonchev–Trinajstić information content (AvgIpc) is 3.12. The molecule has 0 atom stereocenters. The summed E-state index contributed by atoms with van der Waals surface area (Å²) in [5, 5.41) is 3.14. The van der Waals surface area contributed by atoms with Crippen LogP contribution in [0, 0.1) is 0 Å². The molecule has 0 saturated carbocycles. The molecule has 0 bridgehead atoms. The van der Waals surface area contributed by atoms with Crippen molar-refractivity contribution >= 4 is 11.6 Å². The molecule has 6 nitrogen and oxygen atoms in total. The molecule has 0 spiro atoms. The minimum Gasteiger partial charge on any atom is -0.496 e. The van der Waals surface area contributed by atoms with Gasteiger partial charge in [0, 0.05) is 23.9 Å². The first-order valence-electron chi connectivity index (χ1n) is 8.72. The number of hydrogen-bond acceptors (Lipinski definition) is 4. The molecule has 0 amide bonds. The molecule has 2 aromatic carbocycles. The normalized spacial score (nSPS) is 13.2. The van der Waals surface area contributed by atoms with Gasteiger partial charge in [0.05, 0.1) is 20.8 Å². The maximum Gasteiger partial charge on any atom is 0.193 e. The van der Waals surface area contributed by atoms with Gasteiger partial charge in [0.25, 0.3) is 0 Å². The van der Waals surface area contributed by atoms with Crippen LogP contribution in [0.5, 0.6) is 17.2 Å². The number of aryl methyl sites for hydroxylation is 2. The summed E-state index contributed by atoms with van der Waals surface area (Å²) in [6.45, 7) is 0.853. The predicted molar refractivity (Wildman–Crippen MR) is 104 cm³/mol. The molecule has 1 aliphatic rings. The van der Waals surface area contributed by atoms with Crippen molar-refractivity contribution < 1.29 is 14.2 Å². The number of methoxy groups -OCH3 is 2. The fourth-order valence-electron chi connectivity index (χ4n) is 3.03. The Hall–Kier alpha value is -2.89. The van der Waals surface area contributed by atoms with Crippen molar-refractivity contribution in [3.05, 3.63) is 47.5 Å². The van der Waals surface area contributed by atoms with Gasteiger partial charge in [-0.2, -0.15) is 0 Å². The van der Waals surface area contributed by atoms with Crippen molar-refractivity contribution in [2.75, 3.05) is 32.7 Å². The first-order chi connectivity index (χ1) is 12.7. The van der Waals surface area contributed by atoms with Gasteiger partial charge < -0.3 is 25.3 Å². The van der Waals surface area contributed by atoms with Crippen molar-refractivity contribution in [1.82, 2.24) is 0 Å². The number of nitrogens with zero attached hydrogens (tertiary/aromatic N) is 1. The zero-order chi connectivity index (χ0) is 18.4. The number of nitrogens with two attached hydrogens (primary N) is 1. The molecule has 0 radical (unpaired) electrons. The SMILES string of the molecule is COc1cc(OC)cc(OCCN=C(N)Nc2ccc3c(c2)CCC3)c1. The summed E-state index contributed by atoms with van der Waals surface area (Å²) in [7, 11) is 3.21. The zero-order valence-electron chi connectivity index (χ0n) is 15.2. The molecule has 0 aromatic heterocycles. The van der Waals surface area contributed by atoms with E-state index in [1.54, 1.807) is 32.4 Å². The van der Waals surface area contributed by atoms with E-state index < -0.39 is 0 Å². The first kappa shape index (κ1) is 17.9. The Kier molecular flexibility index (Phi) is 5.84. The fourth-order valence-corrected chi connectivity index (χ4v) is 3.03. The third-order valence-corrected chi connectivity index (χ3v) is 4.34. The number of rotatable bonds is 7. The summed E-state index contributed by atoms with van der Waals surface area (Å²) in [6.07, 6.45) is 3.54.